The predicted octanol–water partition coefficient (Wildman–Crippen LogP) is 4.47. The van der Waals surface area contributed by atoms with E-state index in [4.69, 9.17) is 23.7 Å². The minimum Gasteiger partial charge on any atom is -0.457 e. The molecule has 1 aliphatic heterocycles. The molecule has 4 N–H and O–H groups in total. The number of amides is 3. The highest BCUT2D eigenvalue weighted by atomic mass is 16.6. The van der Waals surface area contributed by atoms with Crippen molar-refractivity contribution in [1.82, 2.24) is 25.5 Å². The monoisotopic (exact) mass is 794 g/mol. The maximum absolute atomic E-state index is 14.1. The number of alkyl carbamates (subject to hydrolysis) is 2. The van der Waals surface area contributed by atoms with Gasteiger partial charge in [-0.1, -0.05) is 27.7 Å². The topological polar surface area (TPSA) is 232 Å². The number of hydrogen-bond donors (Lipinski definition) is 4. The summed E-state index contributed by atoms with van der Waals surface area (Å²) in [6.45, 7) is 22.8. The molecule has 0 fully saturated rings. The van der Waals surface area contributed by atoms with Gasteiger partial charge in [0.25, 0.3) is 5.56 Å². The SMILES string of the molecule is CC(C)C(NC(=O)OC(C)(C)C)C(=O)OC(C)C(OC(=O)C(NC(=O)OC(C)(C)C)C(C)C)C1CNc2nc(N=CN(C)C)[nH]c(=O)c2N1C(=O)OC(C)(C)C. The Bertz CT molecular complexity index is 1650. The minimum absolute atomic E-state index is 0.0235. The summed E-state index contributed by atoms with van der Waals surface area (Å²) in [5.41, 5.74) is -3.85. The van der Waals surface area contributed by atoms with E-state index >= 15 is 0 Å². The van der Waals surface area contributed by atoms with Gasteiger partial charge in [-0.3, -0.25) is 14.7 Å². The quantitative estimate of drug-likeness (QED) is 0.0990. The lowest BCUT2D eigenvalue weighted by molar-refractivity contribution is -0.172. The number of nitrogens with one attached hydrogen (secondary N) is 4. The van der Waals surface area contributed by atoms with Crippen molar-refractivity contribution >= 4 is 54.0 Å². The van der Waals surface area contributed by atoms with E-state index in [0.29, 0.717) is 0 Å². The van der Waals surface area contributed by atoms with Crippen LogP contribution in [0.4, 0.5) is 31.8 Å². The van der Waals surface area contributed by atoms with Gasteiger partial charge in [0.05, 0.1) is 12.4 Å². The van der Waals surface area contributed by atoms with Crippen molar-refractivity contribution < 1.29 is 47.7 Å². The number of aliphatic imine (C=N–C) groups is 1. The third kappa shape index (κ3) is 14.5. The van der Waals surface area contributed by atoms with Gasteiger partial charge in [0.1, 0.15) is 35.0 Å². The Balaban J connectivity index is 2.74. The summed E-state index contributed by atoms with van der Waals surface area (Å²) in [4.78, 5) is 95.0. The number of nitrogens with zero attached hydrogens (tertiary/aromatic N) is 4. The smallest absolute Gasteiger partial charge is 0.415 e. The Kier molecular flexibility index (Phi) is 15.7. The molecule has 5 unspecified atom stereocenters. The largest absolute Gasteiger partial charge is 0.457 e. The second-order valence-corrected chi connectivity index (χ2v) is 17.4. The van der Waals surface area contributed by atoms with E-state index in [2.05, 4.69) is 30.9 Å². The summed E-state index contributed by atoms with van der Waals surface area (Å²) >= 11 is 0. The predicted molar refractivity (Wildman–Crippen MR) is 209 cm³/mol. The molecule has 0 bridgehead atoms. The number of carbonyl (C=O) groups is 5. The zero-order valence-electron chi connectivity index (χ0n) is 35.6. The molecule has 1 aliphatic rings. The molecule has 2 heterocycles. The number of anilines is 2. The van der Waals surface area contributed by atoms with Crippen LogP contribution in [0.1, 0.15) is 96.9 Å². The molecule has 0 radical (unpaired) electrons. The number of rotatable bonds is 12. The van der Waals surface area contributed by atoms with E-state index < -0.39 is 94.8 Å². The van der Waals surface area contributed by atoms with Gasteiger partial charge in [-0.2, -0.15) is 4.98 Å². The highest BCUT2D eigenvalue weighted by Gasteiger charge is 2.47. The maximum atomic E-state index is 14.1. The first-order valence-corrected chi connectivity index (χ1v) is 18.5. The number of fused-ring (bicyclic) bond motifs is 1. The number of esters is 2. The van der Waals surface area contributed by atoms with Crippen LogP contribution in [-0.4, -0.2) is 119 Å². The Labute approximate surface area is 329 Å². The van der Waals surface area contributed by atoms with E-state index in [0.717, 1.165) is 4.90 Å². The normalized spacial score (nSPS) is 16.8. The number of hydrogen-bond acceptors (Lipinski definition) is 14. The lowest BCUT2D eigenvalue weighted by atomic mass is 10.00. The molecule has 0 aliphatic carbocycles. The van der Waals surface area contributed by atoms with E-state index in [9.17, 15) is 28.8 Å². The molecular weight excluding hydrogens is 732 g/mol. The molecule has 1 aromatic heterocycles. The number of aromatic amines is 1. The molecule has 3 amide bonds. The average molecular weight is 795 g/mol. The zero-order chi connectivity index (χ0) is 43.1. The van der Waals surface area contributed by atoms with Gasteiger partial charge in [-0.05, 0) is 81.1 Å². The van der Waals surface area contributed by atoms with Gasteiger partial charge in [-0.15, -0.1) is 0 Å². The third-order valence-corrected chi connectivity index (χ3v) is 7.52. The molecule has 0 saturated heterocycles. The molecular formula is C37H62N8O11. The molecule has 19 heteroatoms. The summed E-state index contributed by atoms with van der Waals surface area (Å²) < 4.78 is 28.5. The van der Waals surface area contributed by atoms with Crippen molar-refractivity contribution in [2.24, 2.45) is 16.8 Å². The summed E-state index contributed by atoms with van der Waals surface area (Å²) in [6.07, 6.45) is -4.20. The van der Waals surface area contributed by atoms with Crippen LogP contribution in [0.25, 0.3) is 0 Å². The second kappa shape index (κ2) is 18.7. The van der Waals surface area contributed by atoms with Crippen LogP contribution in [0.5, 0.6) is 0 Å². The number of ether oxygens (including phenoxy) is 5. The Morgan fingerprint density at radius 1 is 0.804 bits per heavy atom. The fraction of sp³-hybridized carbons (Fsp3) is 0.730. The van der Waals surface area contributed by atoms with Crippen molar-refractivity contribution in [3.8, 4) is 0 Å². The van der Waals surface area contributed by atoms with E-state index in [1.54, 1.807) is 109 Å². The second-order valence-electron chi connectivity index (χ2n) is 17.4. The first kappa shape index (κ1) is 47.1. The molecule has 56 heavy (non-hydrogen) atoms. The van der Waals surface area contributed by atoms with Gasteiger partial charge in [-0.25, -0.2) is 29.0 Å². The van der Waals surface area contributed by atoms with Crippen molar-refractivity contribution in [2.45, 2.75) is 144 Å². The molecule has 316 valence electrons. The first-order chi connectivity index (χ1) is 25.5. The standard InChI is InChI=1S/C37H62N8O11/c1-19(2)23(40-32(49)54-35(6,7)8)29(47)52-21(5)26(53-30(48)24(20(3)4)41-33(50)55-36(9,10)11)22-17-38-27-25(45(22)34(51)56-37(12,13)14)28(46)43-31(42-27)39-18-44(15)16/h18-24,26H,17H2,1-16H3,(H,40,49)(H,41,50)(H2,38,42,43,46). The van der Waals surface area contributed by atoms with Crippen LogP contribution in [0.3, 0.4) is 0 Å². The van der Waals surface area contributed by atoms with Crippen LogP contribution >= 0.6 is 0 Å². The van der Waals surface area contributed by atoms with Gasteiger partial charge in [0, 0.05) is 20.6 Å². The highest BCUT2D eigenvalue weighted by Crippen LogP contribution is 2.33. The molecule has 19 nitrogen and oxygen atoms in total. The van der Waals surface area contributed by atoms with E-state index in [1.807, 2.05) is 0 Å². The molecule has 0 aromatic carbocycles. The van der Waals surface area contributed by atoms with Gasteiger partial charge in [0.2, 0.25) is 5.95 Å². The van der Waals surface area contributed by atoms with Crippen LogP contribution in [-0.2, 0) is 33.3 Å². The number of carbonyl (C=O) groups excluding carboxylic acids is 5. The van der Waals surface area contributed by atoms with Crippen molar-refractivity contribution in [3.05, 3.63) is 10.4 Å². The summed E-state index contributed by atoms with van der Waals surface area (Å²) in [5.74, 6) is -2.96. The third-order valence-electron chi connectivity index (χ3n) is 7.52. The highest BCUT2D eigenvalue weighted by molar-refractivity contribution is 5.93. The van der Waals surface area contributed by atoms with Crippen LogP contribution in [0.2, 0.25) is 0 Å². The van der Waals surface area contributed by atoms with Crippen molar-refractivity contribution in [2.75, 3.05) is 30.9 Å². The molecule has 0 spiro atoms. The van der Waals surface area contributed by atoms with Gasteiger partial charge in [0.15, 0.2) is 17.6 Å². The van der Waals surface area contributed by atoms with Crippen molar-refractivity contribution in [1.29, 1.82) is 0 Å². The Morgan fingerprint density at radius 2 is 1.27 bits per heavy atom. The van der Waals surface area contributed by atoms with Gasteiger partial charge < -0.3 is 44.5 Å². The molecule has 5 atom stereocenters. The summed E-state index contributed by atoms with van der Waals surface area (Å²) in [7, 11) is 3.46. The first-order valence-electron chi connectivity index (χ1n) is 18.5. The van der Waals surface area contributed by atoms with Gasteiger partial charge >= 0.3 is 30.2 Å². The average Bonchev–Trinajstić information content (AvgIpc) is 3.00. The van der Waals surface area contributed by atoms with Crippen LogP contribution < -0.4 is 26.4 Å². The van der Waals surface area contributed by atoms with E-state index in [-0.39, 0.29) is 24.0 Å². The fourth-order valence-electron chi connectivity index (χ4n) is 5.18. The zero-order valence-corrected chi connectivity index (χ0v) is 35.6. The number of H-pyrrole nitrogens is 1. The Hall–Kier alpha value is -5.10. The van der Waals surface area contributed by atoms with E-state index in [1.165, 1.54) is 13.3 Å². The Morgan fingerprint density at radius 3 is 1.70 bits per heavy atom. The maximum Gasteiger partial charge on any atom is 0.415 e. The molecule has 1 aromatic rings. The fourth-order valence-corrected chi connectivity index (χ4v) is 5.18. The lowest BCUT2D eigenvalue weighted by Gasteiger charge is -2.42. The summed E-state index contributed by atoms with van der Waals surface area (Å²) in [5, 5.41) is 8.11. The number of aromatic nitrogens is 2. The minimum atomic E-state index is -1.53. The molecule has 2 rings (SSSR count). The van der Waals surface area contributed by atoms with Crippen LogP contribution in [0, 0.1) is 11.8 Å². The molecule has 0 saturated carbocycles. The lowest BCUT2D eigenvalue weighted by Crippen LogP contribution is -2.61. The van der Waals surface area contributed by atoms with Crippen molar-refractivity contribution in [3.63, 3.8) is 0 Å². The van der Waals surface area contributed by atoms with Crippen LogP contribution in [0.15, 0.2) is 9.79 Å². The summed E-state index contributed by atoms with van der Waals surface area (Å²) in [6, 6.07) is -3.76.